The van der Waals surface area contributed by atoms with Gasteiger partial charge in [0.25, 0.3) is 11.8 Å². The average molecular weight is 302 g/mol. The van der Waals surface area contributed by atoms with Crippen molar-refractivity contribution in [2.75, 3.05) is 4.90 Å². The van der Waals surface area contributed by atoms with Crippen molar-refractivity contribution in [1.82, 2.24) is 4.98 Å². The number of pyridine rings is 1. The van der Waals surface area contributed by atoms with Gasteiger partial charge in [-0.3, -0.25) is 14.6 Å². The summed E-state index contributed by atoms with van der Waals surface area (Å²) >= 11 is 1.12. The summed E-state index contributed by atoms with van der Waals surface area (Å²) in [6.07, 6.45) is 1.43. The Morgan fingerprint density at radius 1 is 1.29 bits per heavy atom. The standard InChI is InChI=1S/C14H10N2O4S/c1-6-7(2)21-13(9(6)14(19)20)16-11(17)8-4-3-5-15-10(8)12(16)18/h3-5H,1-2H3,(H,19,20). The number of amides is 2. The van der Waals surface area contributed by atoms with E-state index in [4.69, 9.17) is 0 Å². The molecule has 106 valence electrons. The molecule has 2 amide bonds. The number of aryl methyl sites for hydroxylation is 1. The van der Waals surface area contributed by atoms with Crippen molar-refractivity contribution >= 4 is 34.1 Å². The predicted octanol–water partition coefficient (Wildman–Crippen LogP) is 2.26. The quantitative estimate of drug-likeness (QED) is 0.860. The van der Waals surface area contributed by atoms with Crippen LogP contribution in [-0.4, -0.2) is 27.9 Å². The molecule has 7 heteroatoms. The third-order valence-electron chi connectivity index (χ3n) is 3.43. The second kappa shape index (κ2) is 4.49. The number of hydrogen-bond donors (Lipinski definition) is 1. The fourth-order valence-electron chi connectivity index (χ4n) is 2.27. The molecule has 0 bridgehead atoms. The summed E-state index contributed by atoms with van der Waals surface area (Å²) in [5, 5.41) is 9.50. The van der Waals surface area contributed by atoms with Crippen LogP contribution < -0.4 is 4.90 Å². The number of hydrogen-bond acceptors (Lipinski definition) is 5. The van der Waals surface area contributed by atoms with Crippen LogP contribution in [0.2, 0.25) is 0 Å². The number of rotatable bonds is 2. The summed E-state index contributed by atoms with van der Waals surface area (Å²) in [6, 6.07) is 3.08. The molecular weight excluding hydrogens is 292 g/mol. The highest BCUT2D eigenvalue weighted by molar-refractivity contribution is 7.17. The number of aromatic carboxylic acids is 1. The topological polar surface area (TPSA) is 87.6 Å². The van der Waals surface area contributed by atoms with Gasteiger partial charge in [0.2, 0.25) is 0 Å². The molecule has 3 rings (SSSR count). The monoisotopic (exact) mass is 302 g/mol. The lowest BCUT2D eigenvalue weighted by molar-refractivity contribution is 0.0697. The van der Waals surface area contributed by atoms with Gasteiger partial charge in [0.05, 0.1) is 11.1 Å². The largest absolute Gasteiger partial charge is 0.478 e. The Balaban J connectivity index is 2.20. The van der Waals surface area contributed by atoms with Crippen LogP contribution in [0.4, 0.5) is 5.00 Å². The van der Waals surface area contributed by atoms with Crippen molar-refractivity contribution in [3.8, 4) is 0 Å². The highest BCUT2D eigenvalue weighted by atomic mass is 32.1. The fourth-order valence-corrected chi connectivity index (χ4v) is 3.41. The molecular formula is C14H10N2O4S. The highest BCUT2D eigenvalue weighted by Crippen LogP contribution is 2.39. The normalized spacial score (nSPS) is 13.7. The second-order valence-electron chi connectivity index (χ2n) is 4.61. The minimum absolute atomic E-state index is 0.00740. The smallest absolute Gasteiger partial charge is 0.339 e. The molecule has 6 nitrogen and oxygen atoms in total. The van der Waals surface area contributed by atoms with Crippen LogP contribution >= 0.6 is 11.3 Å². The lowest BCUT2D eigenvalue weighted by atomic mass is 10.1. The van der Waals surface area contributed by atoms with Gasteiger partial charge in [-0.2, -0.15) is 0 Å². The average Bonchev–Trinajstić information content (AvgIpc) is 2.87. The molecule has 1 aliphatic heterocycles. The molecule has 21 heavy (non-hydrogen) atoms. The van der Waals surface area contributed by atoms with E-state index in [9.17, 15) is 19.5 Å². The van der Waals surface area contributed by atoms with E-state index in [1.54, 1.807) is 19.9 Å². The van der Waals surface area contributed by atoms with Gasteiger partial charge in [0.15, 0.2) is 0 Å². The first-order valence-electron chi connectivity index (χ1n) is 6.10. The van der Waals surface area contributed by atoms with Gasteiger partial charge in [0.1, 0.15) is 10.7 Å². The van der Waals surface area contributed by atoms with Gasteiger partial charge in [-0.25, -0.2) is 9.69 Å². The molecule has 2 aromatic rings. The van der Waals surface area contributed by atoms with Crippen LogP contribution in [-0.2, 0) is 0 Å². The number of carbonyl (C=O) groups is 3. The van der Waals surface area contributed by atoms with Gasteiger partial charge in [-0.05, 0) is 31.5 Å². The highest BCUT2D eigenvalue weighted by Gasteiger charge is 2.41. The van der Waals surface area contributed by atoms with Gasteiger partial charge in [-0.15, -0.1) is 11.3 Å². The van der Waals surface area contributed by atoms with E-state index >= 15 is 0 Å². The number of nitrogens with zero attached hydrogens (tertiary/aromatic N) is 2. The minimum atomic E-state index is -1.16. The van der Waals surface area contributed by atoms with Crippen molar-refractivity contribution in [2.24, 2.45) is 0 Å². The van der Waals surface area contributed by atoms with Crippen LogP contribution in [0.5, 0.6) is 0 Å². The van der Waals surface area contributed by atoms with Crippen molar-refractivity contribution < 1.29 is 19.5 Å². The van der Waals surface area contributed by atoms with Crippen LogP contribution in [0.25, 0.3) is 0 Å². The molecule has 3 heterocycles. The Morgan fingerprint density at radius 2 is 2.00 bits per heavy atom. The molecule has 0 aromatic carbocycles. The molecule has 1 aliphatic rings. The number of aromatic nitrogens is 1. The van der Waals surface area contributed by atoms with Crippen molar-refractivity contribution in [1.29, 1.82) is 0 Å². The lowest BCUT2D eigenvalue weighted by Gasteiger charge is -2.12. The number of fused-ring (bicyclic) bond motifs is 1. The Labute approximate surface area is 123 Å². The molecule has 2 aromatic heterocycles. The van der Waals surface area contributed by atoms with Gasteiger partial charge < -0.3 is 5.11 Å². The number of imide groups is 1. The molecule has 0 radical (unpaired) electrons. The first-order valence-corrected chi connectivity index (χ1v) is 6.92. The third-order valence-corrected chi connectivity index (χ3v) is 4.62. The van der Waals surface area contributed by atoms with E-state index in [1.165, 1.54) is 12.3 Å². The van der Waals surface area contributed by atoms with E-state index in [0.717, 1.165) is 21.1 Å². The van der Waals surface area contributed by atoms with E-state index < -0.39 is 17.8 Å². The maximum absolute atomic E-state index is 12.4. The maximum atomic E-state index is 12.4. The summed E-state index contributed by atoms with van der Waals surface area (Å²) in [6.45, 7) is 3.42. The summed E-state index contributed by atoms with van der Waals surface area (Å²) in [7, 11) is 0. The lowest BCUT2D eigenvalue weighted by Crippen LogP contribution is -2.30. The molecule has 0 atom stereocenters. The van der Waals surface area contributed by atoms with Crippen molar-refractivity contribution in [3.05, 3.63) is 45.6 Å². The number of anilines is 1. The molecule has 0 aliphatic carbocycles. The maximum Gasteiger partial charge on any atom is 0.339 e. The number of carboxylic acids is 1. The molecule has 0 unspecified atom stereocenters. The van der Waals surface area contributed by atoms with Crippen LogP contribution in [0.3, 0.4) is 0 Å². The van der Waals surface area contributed by atoms with Crippen molar-refractivity contribution in [3.63, 3.8) is 0 Å². The summed E-state index contributed by atoms with van der Waals surface area (Å²) in [5.41, 5.74) is 0.809. The summed E-state index contributed by atoms with van der Waals surface area (Å²) in [4.78, 5) is 41.8. The zero-order chi connectivity index (χ0) is 15.3. The number of carbonyl (C=O) groups excluding carboxylic acids is 2. The van der Waals surface area contributed by atoms with Gasteiger partial charge in [0, 0.05) is 11.1 Å². The molecule has 1 N–H and O–H groups in total. The van der Waals surface area contributed by atoms with E-state index in [-0.39, 0.29) is 21.8 Å². The molecule has 0 saturated heterocycles. The predicted molar refractivity (Wildman–Crippen MR) is 76.1 cm³/mol. The van der Waals surface area contributed by atoms with Crippen LogP contribution in [0.15, 0.2) is 18.3 Å². The third kappa shape index (κ3) is 1.78. The Kier molecular flexibility index (Phi) is 2.87. The zero-order valence-electron chi connectivity index (χ0n) is 11.2. The van der Waals surface area contributed by atoms with Gasteiger partial charge in [-0.1, -0.05) is 0 Å². The fraction of sp³-hybridized carbons (Fsp3) is 0.143. The summed E-state index contributed by atoms with van der Waals surface area (Å²) < 4.78 is 0. The minimum Gasteiger partial charge on any atom is -0.478 e. The number of thiophene rings is 1. The van der Waals surface area contributed by atoms with Crippen LogP contribution in [0.1, 0.15) is 41.6 Å². The molecule has 0 spiro atoms. The molecule has 0 saturated carbocycles. The zero-order valence-corrected chi connectivity index (χ0v) is 12.0. The first kappa shape index (κ1) is 13.4. The van der Waals surface area contributed by atoms with E-state index in [1.807, 2.05) is 0 Å². The summed E-state index contributed by atoms with van der Waals surface area (Å²) in [5.74, 6) is -2.28. The second-order valence-corrected chi connectivity index (χ2v) is 5.82. The van der Waals surface area contributed by atoms with E-state index in [2.05, 4.69) is 4.98 Å². The SMILES string of the molecule is Cc1sc(N2C(=O)c3cccnc3C2=O)c(C(=O)O)c1C. The first-order chi connectivity index (χ1) is 9.93. The number of carboxylic acid groups (broad SMARTS) is 1. The van der Waals surface area contributed by atoms with Gasteiger partial charge >= 0.3 is 5.97 Å². The van der Waals surface area contributed by atoms with E-state index in [0.29, 0.717) is 5.56 Å². The van der Waals surface area contributed by atoms with Crippen molar-refractivity contribution in [2.45, 2.75) is 13.8 Å². The molecule has 0 fully saturated rings. The Morgan fingerprint density at radius 3 is 2.62 bits per heavy atom. The Hall–Kier alpha value is -2.54. The van der Waals surface area contributed by atoms with Crippen LogP contribution in [0, 0.1) is 13.8 Å². The Bertz CT molecular complexity index is 774.